The van der Waals surface area contributed by atoms with E-state index in [1.54, 1.807) is 19.1 Å². The van der Waals surface area contributed by atoms with E-state index in [1.807, 2.05) is 0 Å². The molecule has 0 aromatic heterocycles. The van der Waals surface area contributed by atoms with Crippen LogP contribution in [0.1, 0.15) is 18.4 Å². The number of nitrogen functional groups attached to an aromatic ring is 1. The Labute approximate surface area is 102 Å². The molecule has 0 aliphatic carbocycles. The van der Waals surface area contributed by atoms with Gasteiger partial charge in [0.15, 0.2) is 0 Å². The van der Waals surface area contributed by atoms with Crippen molar-refractivity contribution >= 4 is 15.7 Å². The molecule has 1 rings (SSSR count). The summed E-state index contributed by atoms with van der Waals surface area (Å²) < 4.78 is 26.2. The van der Waals surface area contributed by atoms with Crippen LogP contribution in [0, 0.1) is 19.3 Å². The average Bonchev–Trinajstić information content (AvgIpc) is 2.23. The molecule has 0 bridgehead atoms. The third-order valence-electron chi connectivity index (χ3n) is 2.17. The van der Waals surface area contributed by atoms with Crippen molar-refractivity contribution in [2.45, 2.75) is 24.7 Å². The minimum Gasteiger partial charge on any atom is -0.399 e. The topological polar surface area (TPSA) is 72.2 Å². The quantitative estimate of drug-likeness (QED) is 0.471. The molecule has 1 aromatic rings. The summed E-state index contributed by atoms with van der Waals surface area (Å²) in [5.74, 6) is 2.46. The van der Waals surface area contributed by atoms with Crippen molar-refractivity contribution in [2.75, 3.05) is 12.3 Å². The molecule has 3 N–H and O–H groups in total. The van der Waals surface area contributed by atoms with Gasteiger partial charge in [0.1, 0.15) is 0 Å². The van der Waals surface area contributed by atoms with Crippen LogP contribution in [0.25, 0.3) is 0 Å². The second-order valence-corrected chi connectivity index (χ2v) is 5.55. The Balaban J connectivity index is 2.79. The molecule has 0 amide bonds. The molecule has 0 spiro atoms. The number of hydrogen-bond donors (Lipinski definition) is 2. The average molecular weight is 252 g/mol. The standard InChI is InChI=1S/C12H16N2O2S/c1-3-4-5-6-14-17(15,16)12-8-10(2)7-11(13)9-12/h1,7-9,14H,4-6,13H2,2H3. The summed E-state index contributed by atoms with van der Waals surface area (Å²) in [6.45, 7) is 2.13. The molecule has 0 heterocycles. The molecule has 5 heteroatoms. The number of benzene rings is 1. The van der Waals surface area contributed by atoms with E-state index in [2.05, 4.69) is 10.6 Å². The Morgan fingerprint density at radius 1 is 1.41 bits per heavy atom. The van der Waals surface area contributed by atoms with Gasteiger partial charge in [0.25, 0.3) is 0 Å². The normalized spacial score (nSPS) is 11.1. The van der Waals surface area contributed by atoms with Crippen LogP contribution >= 0.6 is 0 Å². The molecule has 0 radical (unpaired) electrons. The second kappa shape index (κ2) is 5.71. The Kier molecular flexibility index (Phi) is 4.55. The van der Waals surface area contributed by atoms with Crippen LogP contribution in [-0.2, 0) is 10.0 Å². The van der Waals surface area contributed by atoms with Gasteiger partial charge in [-0.3, -0.25) is 0 Å². The molecule has 0 atom stereocenters. The number of nitrogens with one attached hydrogen (secondary N) is 1. The minimum absolute atomic E-state index is 0.190. The van der Waals surface area contributed by atoms with Gasteiger partial charge in [0.05, 0.1) is 4.90 Å². The summed E-state index contributed by atoms with van der Waals surface area (Å²) in [7, 11) is -3.48. The highest BCUT2D eigenvalue weighted by Gasteiger charge is 2.13. The second-order valence-electron chi connectivity index (χ2n) is 3.78. The van der Waals surface area contributed by atoms with Crippen LogP contribution in [0.3, 0.4) is 0 Å². The summed E-state index contributed by atoms with van der Waals surface area (Å²) in [5.41, 5.74) is 6.87. The monoisotopic (exact) mass is 252 g/mol. The summed E-state index contributed by atoms with van der Waals surface area (Å²) in [5, 5.41) is 0. The van der Waals surface area contributed by atoms with Gasteiger partial charge in [-0.25, -0.2) is 13.1 Å². The van der Waals surface area contributed by atoms with Gasteiger partial charge in [-0.2, -0.15) is 0 Å². The zero-order valence-corrected chi connectivity index (χ0v) is 10.5. The largest absolute Gasteiger partial charge is 0.399 e. The molecule has 0 saturated carbocycles. The summed E-state index contributed by atoms with van der Waals surface area (Å²) in [6, 6.07) is 4.74. The number of aryl methyl sites for hydroxylation is 1. The minimum atomic E-state index is -3.48. The Morgan fingerprint density at radius 3 is 2.71 bits per heavy atom. The number of sulfonamides is 1. The highest BCUT2D eigenvalue weighted by atomic mass is 32.2. The maximum atomic E-state index is 11.9. The lowest BCUT2D eigenvalue weighted by Gasteiger charge is -2.07. The van der Waals surface area contributed by atoms with Crippen LogP contribution in [0.2, 0.25) is 0 Å². The number of rotatable bonds is 5. The van der Waals surface area contributed by atoms with Crippen molar-refractivity contribution in [1.29, 1.82) is 0 Å². The van der Waals surface area contributed by atoms with E-state index in [0.29, 0.717) is 25.1 Å². The molecule has 92 valence electrons. The molecule has 0 unspecified atom stereocenters. The van der Waals surface area contributed by atoms with Crippen molar-refractivity contribution in [3.8, 4) is 12.3 Å². The summed E-state index contributed by atoms with van der Waals surface area (Å²) >= 11 is 0. The van der Waals surface area contributed by atoms with E-state index in [9.17, 15) is 8.42 Å². The first-order chi connectivity index (χ1) is 7.95. The number of nitrogens with two attached hydrogens (primary N) is 1. The zero-order chi connectivity index (χ0) is 12.9. The van der Waals surface area contributed by atoms with Crippen molar-refractivity contribution in [3.63, 3.8) is 0 Å². The summed E-state index contributed by atoms with van der Waals surface area (Å²) in [6.07, 6.45) is 6.26. The lowest BCUT2D eigenvalue weighted by atomic mass is 10.2. The van der Waals surface area contributed by atoms with Gasteiger partial charge >= 0.3 is 0 Å². The van der Waals surface area contributed by atoms with Gasteiger partial charge in [0, 0.05) is 18.7 Å². The predicted octanol–water partition coefficient (Wildman–Crippen LogP) is 1.27. The van der Waals surface area contributed by atoms with Crippen LogP contribution in [0.4, 0.5) is 5.69 Å². The lowest BCUT2D eigenvalue weighted by molar-refractivity contribution is 0.579. The van der Waals surface area contributed by atoms with E-state index in [4.69, 9.17) is 12.2 Å². The predicted molar refractivity (Wildman–Crippen MR) is 68.8 cm³/mol. The van der Waals surface area contributed by atoms with Gasteiger partial charge in [0.2, 0.25) is 10.0 Å². The van der Waals surface area contributed by atoms with E-state index in [0.717, 1.165) is 5.56 Å². The number of hydrogen-bond acceptors (Lipinski definition) is 3. The van der Waals surface area contributed by atoms with Crippen LogP contribution in [0.5, 0.6) is 0 Å². The van der Waals surface area contributed by atoms with Gasteiger partial charge in [-0.15, -0.1) is 12.3 Å². The number of terminal acetylenes is 1. The molecule has 0 fully saturated rings. The SMILES string of the molecule is C#CCCCNS(=O)(=O)c1cc(C)cc(N)c1. The molecule has 17 heavy (non-hydrogen) atoms. The van der Waals surface area contributed by atoms with Gasteiger partial charge < -0.3 is 5.73 Å². The Bertz CT molecular complexity index is 510. The first-order valence-electron chi connectivity index (χ1n) is 5.26. The molecular formula is C12H16N2O2S. The Hall–Kier alpha value is -1.51. The third kappa shape index (κ3) is 4.10. The summed E-state index contributed by atoms with van der Waals surface area (Å²) in [4.78, 5) is 0.190. The smallest absolute Gasteiger partial charge is 0.240 e. The molecule has 4 nitrogen and oxygen atoms in total. The lowest BCUT2D eigenvalue weighted by Crippen LogP contribution is -2.24. The van der Waals surface area contributed by atoms with E-state index >= 15 is 0 Å². The zero-order valence-electron chi connectivity index (χ0n) is 9.73. The number of anilines is 1. The first-order valence-corrected chi connectivity index (χ1v) is 6.74. The molecule has 0 saturated heterocycles. The van der Waals surface area contributed by atoms with Crippen molar-refractivity contribution in [1.82, 2.24) is 4.72 Å². The fraction of sp³-hybridized carbons (Fsp3) is 0.333. The van der Waals surface area contributed by atoms with Gasteiger partial charge in [-0.05, 0) is 37.1 Å². The first kappa shape index (κ1) is 13.6. The molecule has 0 aliphatic rings. The number of unbranched alkanes of at least 4 members (excludes halogenated alkanes) is 1. The van der Waals surface area contributed by atoms with Gasteiger partial charge in [-0.1, -0.05) is 0 Å². The molecule has 0 aliphatic heterocycles. The van der Waals surface area contributed by atoms with Crippen molar-refractivity contribution in [2.24, 2.45) is 0 Å². The fourth-order valence-electron chi connectivity index (χ4n) is 1.41. The molecule has 1 aromatic carbocycles. The highest BCUT2D eigenvalue weighted by molar-refractivity contribution is 7.89. The maximum absolute atomic E-state index is 11.9. The van der Waals surface area contributed by atoms with Crippen LogP contribution in [0.15, 0.2) is 23.1 Å². The van der Waals surface area contributed by atoms with Crippen LogP contribution in [-0.4, -0.2) is 15.0 Å². The highest BCUT2D eigenvalue weighted by Crippen LogP contribution is 2.15. The van der Waals surface area contributed by atoms with E-state index in [1.165, 1.54) is 6.07 Å². The molecular weight excluding hydrogens is 236 g/mol. The van der Waals surface area contributed by atoms with Crippen molar-refractivity contribution < 1.29 is 8.42 Å². The van der Waals surface area contributed by atoms with Crippen molar-refractivity contribution in [3.05, 3.63) is 23.8 Å². The third-order valence-corrected chi connectivity index (χ3v) is 3.61. The van der Waals surface area contributed by atoms with Crippen LogP contribution < -0.4 is 10.5 Å². The fourth-order valence-corrected chi connectivity index (χ4v) is 2.62. The van der Waals surface area contributed by atoms with E-state index in [-0.39, 0.29) is 4.90 Å². The Morgan fingerprint density at radius 2 is 2.12 bits per heavy atom. The van der Waals surface area contributed by atoms with E-state index < -0.39 is 10.0 Å². The maximum Gasteiger partial charge on any atom is 0.240 e.